The summed E-state index contributed by atoms with van der Waals surface area (Å²) in [4.78, 5) is 13.9. The predicted octanol–water partition coefficient (Wildman–Crippen LogP) is 3.68. The number of pyridine rings is 1. The predicted molar refractivity (Wildman–Crippen MR) is 90.2 cm³/mol. The fourth-order valence-electron chi connectivity index (χ4n) is 2.86. The molecule has 4 rings (SSSR count). The Bertz CT molecular complexity index is 1010. The summed E-state index contributed by atoms with van der Waals surface area (Å²) in [5.41, 5.74) is 3.33. The standard InChI is InChI=1S/C17H15N3OS/c1-3-19-9-14-16(13-6-4-5-7-15(13)19)18-20(17(14)21)12-8-11(2)22-10-12/h4-10H,3H2,1-2H3. The van der Waals surface area contributed by atoms with Crippen molar-refractivity contribution >= 4 is 22.2 Å². The molecule has 0 saturated carbocycles. The van der Waals surface area contributed by atoms with Crippen molar-refractivity contribution in [1.29, 1.82) is 0 Å². The minimum absolute atomic E-state index is 0.0549. The Kier molecular flexibility index (Phi) is 2.90. The zero-order chi connectivity index (χ0) is 15.3. The Labute approximate surface area is 131 Å². The van der Waals surface area contributed by atoms with E-state index in [2.05, 4.69) is 22.7 Å². The Morgan fingerprint density at radius 2 is 2.09 bits per heavy atom. The third kappa shape index (κ3) is 1.82. The Morgan fingerprint density at radius 3 is 2.82 bits per heavy atom. The molecule has 1 aromatic carbocycles. The zero-order valence-electron chi connectivity index (χ0n) is 12.4. The van der Waals surface area contributed by atoms with Gasteiger partial charge in [-0.15, -0.1) is 11.3 Å². The van der Waals surface area contributed by atoms with Crippen LogP contribution in [0.2, 0.25) is 0 Å². The van der Waals surface area contributed by atoms with Crippen molar-refractivity contribution in [2.24, 2.45) is 0 Å². The molecule has 4 nitrogen and oxygen atoms in total. The van der Waals surface area contributed by atoms with Crippen LogP contribution >= 0.6 is 11.3 Å². The number of para-hydroxylation sites is 1. The van der Waals surface area contributed by atoms with Crippen molar-refractivity contribution in [3.63, 3.8) is 0 Å². The van der Waals surface area contributed by atoms with E-state index in [1.165, 1.54) is 9.56 Å². The van der Waals surface area contributed by atoms with E-state index in [0.717, 1.165) is 28.8 Å². The summed E-state index contributed by atoms with van der Waals surface area (Å²) in [5.74, 6) is 0. The number of thiophene rings is 1. The Balaban J connectivity index is 2.12. The Hall–Kier alpha value is -2.40. The van der Waals surface area contributed by atoms with Crippen LogP contribution in [0.4, 0.5) is 0 Å². The number of fused-ring (bicyclic) bond motifs is 3. The van der Waals surface area contributed by atoms with Crippen molar-refractivity contribution in [1.82, 2.24) is 14.3 Å². The molecular weight excluding hydrogens is 294 g/mol. The fourth-order valence-corrected chi connectivity index (χ4v) is 3.52. The largest absolute Gasteiger partial charge is 0.347 e. The monoisotopic (exact) mass is 309 g/mol. The topological polar surface area (TPSA) is 39.8 Å². The van der Waals surface area contributed by atoms with Crippen LogP contribution < -0.4 is 5.56 Å². The van der Waals surface area contributed by atoms with Crippen LogP contribution in [0.1, 0.15) is 11.8 Å². The SMILES string of the molecule is CCn1cc2c(=O)n(-c3csc(C)c3)nc-2c2ccccc21. The minimum atomic E-state index is -0.0549. The van der Waals surface area contributed by atoms with Gasteiger partial charge >= 0.3 is 0 Å². The first-order valence-electron chi connectivity index (χ1n) is 7.25. The maximum Gasteiger partial charge on any atom is 0.282 e. The van der Waals surface area contributed by atoms with E-state index in [1.807, 2.05) is 42.8 Å². The minimum Gasteiger partial charge on any atom is -0.347 e. The van der Waals surface area contributed by atoms with E-state index in [-0.39, 0.29) is 5.56 Å². The van der Waals surface area contributed by atoms with Crippen molar-refractivity contribution in [3.8, 4) is 16.9 Å². The molecule has 0 spiro atoms. The van der Waals surface area contributed by atoms with Crippen molar-refractivity contribution < 1.29 is 0 Å². The molecule has 0 unspecified atom stereocenters. The molecule has 0 saturated heterocycles. The van der Waals surface area contributed by atoms with Crippen LogP contribution in [0.3, 0.4) is 0 Å². The quantitative estimate of drug-likeness (QED) is 0.566. The molecule has 0 aliphatic carbocycles. The van der Waals surface area contributed by atoms with Gasteiger partial charge < -0.3 is 4.57 Å². The van der Waals surface area contributed by atoms with Crippen LogP contribution in [0, 0.1) is 6.92 Å². The summed E-state index contributed by atoms with van der Waals surface area (Å²) in [5, 5.41) is 7.59. The van der Waals surface area contributed by atoms with Gasteiger partial charge in [0.1, 0.15) is 5.69 Å². The third-order valence-corrected chi connectivity index (χ3v) is 4.78. The van der Waals surface area contributed by atoms with Crippen LogP contribution in [0.25, 0.3) is 27.8 Å². The maximum atomic E-state index is 12.7. The van der Waals surface area contributed by atoms with E-state index in [4.69, 9.17) is 0 Å². The van der Waals surface area contributed by atoms with Gasteiger partial charge in [0.15, 0.2) is 0 Å². The van der Waals surface area contributed by atoms with Crippen LogP contribution in [-0.4, -0.2) is 14.3 Å². The highest BCUT2D eigenvalue weighted by Gasteiger charge is 2.20. The van der Waals surface area contributed by atoms with Gasteiger partial charge in [-0.05, 0) is 26.0 Å². The average Bonchev–Trinajstić information content (AvgIpc) is 3.10. The van der Waals surface area contributed by atoms with Gasteiger partial charge in [-0.25, -0.2) is 0 Å². The number of aryl methyl sites for hydroxylation is 2. The molecular formula is C17H15N3OS. The number of hydrogen-bond donors (Lipinski definition) is 0. The molecule has 0 fully saturated rings. The van der Waals surface area contributed by atoms with Crippen LogP contribution in [0.5, 0.6) is 0 Å². The molecule has 3 heterocycles. The number of benzene rings is 1. The molecule has 5 heteroatoms. The number of aromatic nitrogens is 3. The van der Waals surface area contributed by atoms with Gasteiger partial charge in [-0.1, -0.05) is 18.2 Å². The summed E-state index contributed by atoms with van der Waals surface area (Å²) in [6.07, 6.45) is 1.92. The summed E-state index contributed by atoms with van der Waals surface area (Å²) in [6.45, 7) is 4.93. The van der Waals surface area contributed by atoms with Crippen molar-refractivity contribution in [2.75, 3.05) is 0 Å². The van der Waals surface area contributed by atoms with Gasteiger partial charge in [0.05, 0.1) is 16.8 Å². The van der Waals surface area contributed by atoms with E-state index < -0.39 is 0 Å². The summed E-state index contributed by atoms with van der Waals surface area (Å²) < 4.78 is 3.62. The first-order valence-corrected chi connectivity index (χ1v) is 8.13. The van der Waals surface area contributed by atoms with Crippen molar-refractivity contribution in [2.45, 2.75) is 20.4 Å². The Morgan fingerprint density at radius 1 is 1.27 bits per heavy atom. The first kappa shape index (κ1) is 13.3. The van der Waals surface area contributed by atoms with Gasteiger partial charge in [-0.3, -0.25) is 4.79 Å². The lowest BCUT2D eigenvalue weighted by atomic mass is 10.1. The molecule has 0 radical (unpaired) electrons. The maximum absolute atomic E-state index is 12.7. The van der Waals surface area contributed by atoms with Gasteiger partial charge in [-0.2, -0.15) is 9.78 Å². The highest BCUT2D eigenvalue weighted by molar-refractivity contribution is 7.10. The first-order chi connectivity index (χ1) is 10.7. The highest BCUT2D eigenvalue weighted by atomic mass is 32.1. The zero-order valence-corrected chi connectivity index (χ0v) is 13.2. The molecule has 22 heavy (non-hydrogen) atoms. The second kappa shape index (κ2) is 4.81. The van der Waals surface area contributed by atoms with Crippen molar-refractivity contribution in [3.05, 3.63) is 57.1 Å². The molecule has 1 aromatic heterocycles. The smallest absolute Gasteiger partial charge is 0.282 e. The van der Waals surface area contributed by atoms with Gasteiger partial charge in [0.25, 0.3) is 5.56 Å². The molecule has 0 bridgehead atoms. The second-order valence-electron chi connectivity index (χ2n) is 5.33. The van der Waals surface area contributed by atoms with E-state index in [1.54, 1.807) is 11.3 Å². The molecule has 0 atom stereocenters. The van der Waals surface area contributed by atoms with Crippen LogP contribution in [0.15, 0.2) is 46.7 Å². The van der Waals surface area contributed by atoms with E-state index in [9.17, 15) is 4.79 Å². The fraction of sp³-hybridized carbons (Fsp3) is 0.176. The number of nitrogens with zero attached hydrogens (tertiary/aromatic N) is 3. The van der Waals surface area contributed by atoms with E-state index >= 15 is 0 Å². The normalized spacial score (nSPS) is 11.5. The average molecular weight is 309 g/mol. The molecule has 0 N–H and O–H groups in total. The molecule has 2 aliphatic heterocycles. The summed E-state index contributed by atoms with van der Waals surface area (Å²) in [6, 6.07) is 10.1. The summed E-state index contributed by atoms with van der Waals surface area (Å²) in [7, 11) is 0. The lowest BCUT2D eigenvalue weighted by molar-refractivity contribution is 0.789. The van der Waals surface area contributed by atoms with Crippen LogP contribution in [-0.2, 0) is 6.54 Å². The highest BCUT2D eigenvalue weighted by Crippen LogP contribution is 2.28. The lowest BCUT2D eigenvalue weighted by Gasteiger charge is -2.11. The number of rotatable bonds is 2. The summed E-state index contributed by atoms with van der Waals surface area (Å²) >= 11 is 1.62. The molecule has 0 amide bonds. The van der Waals surface area contributed by atoms with Gasteiger partial charge in [0, 0.05) is 28.4 Å². The molecule has 110 valence electrons. The third-order valence-electron chi connectivity index (χ3n) is 3.93. The van der Waals surface area contributed by atoms with Gasteiger partial charge in [0.2, 0.25) is 0 Å². The van der Waals surface area contributed by atoms with E-state index in [0.29, 0.717) is 5.56 Å². The lowest BCUT2D eigenvalue weighted by Crippen LogP contribution is -2.14. The molecule has 2 aliphatic rings. The number of hydrogen-bond acceptors (Lipinski definition) is 3. The second-order valence-corrected chi connectivity index (χ2v) is 6.44. The molecule has 2 aromatic rings.